The molecule has 1 unspecified atom stereocenters. The fraction of sp³-hybridized carbons (Fsp3) is 0.846. The molecule has 0 aromatic carbocycles. The predicted molar refractivity (Wildman–Crippen MR) is 78.9 cm³/mol. The molecule has 0 radical (unpaired) electrons. The third kappa shape index (κ3) is 5.18. The van der Waals surface area contributed by atoms with E-state index in [-0.39, 0.29) is 30.5 Å². The van der Waals surface area contributed by atoms with Crippen molar-refractivity contribution in [2.45, 2.75) is 33.2 Å². The van der Waals surface area contributed by atoms with E-state index in [1.54, 1.807) is 4.90 Å². The lowest BCUT2D eigenvalue weighted by atomic mass is 10.2. The summed E-state index contributed by atoms with van der Waals surface area (Å²) in [6, 6.07) is -1.05. The molecule has 1 saturated heterocycles. The van der Waals surface area contributed by atoms with E-state index in [4.69, 9.17) is 5.11 Å². The van der Waals surface area contributed by atoms with E-state index in [0.29, 0.717) is 19.0 Å². The first-order valence-corrected chi connectivity index (χ1v) is 8.96. The standard InChI is InChI=1S/C13H24N2O5S/c1-4-14(8-10(2)3)13(18)15-5-6-21(19,20)9-11(15)7-12(16)17/h10-11H,4-9H2,1-3H3,(H,16,17). The topological polar surface area (TPSA) is 95.0 Å². The number of carbonyl (C=O) groups excluding carboxylic acids is 1. The third-order valence-electron chi connectivity index (χ3n) is 3.42. The molecule has 1 fully saturated rings. The number of hydrogen-bond donors (Lipinski definition) is 1. The summed E-state index contributed by atoms with van der Waals surface area (Å²) in [5, 5.41) is 8.93. The number of carboxylic acid groups (broad SMARTS) is 1. The highest BCUT2D eigenvalue weighted by Gasteiger charge is 2.36. The molecule has 1 aliphatic rings. The van der Waals surface area contributed by atoms with E-state index in [0.717, 1.165) is 0 Å². The first-order chi connectivity index (χ1) is 9.66. The Kier molecular flexibility index (Phi) is 6.00. The summed E-state index contributed by atoms with van der Waals surface area (Å²) < 4.78 is 23.4. The van der Waals surface area contributed by atoms with E-state index in [1.807, 2.05) is 20.8 Å². The van der Waals surface area contributed by atoms with Crippen LogP contribution in [0.25, 0.3) is 0 Å². The van der Waals surface area contributed by atoms with E-state index >= 15 is 0 Å². The molecule has 8 heteroatoms. The summed E-state index contributed by atoms with van der Waals surface area (Å²) >= 11 is 0. The average Bonchev–Trinajstić information content (AvgIpc) is 2.33. The Balaban J connectivity index is 2.90. The average molecular weight is 320 g/mol. The fourth-order valence-corrected chi connectivity index (χ4v) is 4.00. The minimum absolute atomic E-state index is 0.0632. The first kappa shape index (κ1) is 17.7. The summed E-state index contributed by atoms with van der Waals surface area (Å²) in [4.78, 5) is 26.5. The molecular formula is C13H24N2O5S. The van der Waals surface area contributed by atoms with Gasteiger partial charge in [0.2, 0.25) is 0 Å². The van der Waals surface area contributed by atoms with Crippen molar-refractivity contribution in [3.63, 3.8) is 0 Å². The number of carboxylic acids is 1. The lowest BCUT2D eigenvalue weighted by molar-refractivity contribution is -0.138. The Labute approximate surface area is 125 Å². The normalized spacial score (nSPS) is 21.3. The van der Waals surface area contributed by atoms with Crippen molar-refractivity contribution in [2.75, 3.05) is 31.1 Å². The molecule has 1 atom stereocenters. The molecule has 0 spiro atoms. The Bertz CT molecular complexity index is 489. The van der Waals surface area contributed by atoms with Gasteiger partial charge in [0.1, 0.15) is 0 Å². The quantitative estimate of drug-likeness (QED) is 0.803. The van der Waals surface area contributed by atoms with Gasteiger partial charge in [0.05, 0.1) is 24.0 Å². The minimum atomic E-state index is -3.28. The molecule has 7 nitrogen and oxygen atoms in total. The highest BCUT2D eigenvalue weighted by molar-refractivity contribution is 7.91. The fourth-order valence-electron chi connectivity index (χ4n) is 2.47. The highest BCUT2D eigenvalue weighted by atomic mass is 32.2. The zero-order valence-electron chi connectivity index (χ0n) is 12.8. The number of urea groups is 1. The first-order valence-electron chi connectivity index (χ1n) is 7.14. The van der Waals surface area contributed by atoms with Crippen molar-refractivity contribution in [3.8, 4) is 0 Å². The maximum Gasteiger partial charge on any atom is 0.320 e. The molecule has 21 heavy (non-hydrogen) atoms. The summed E-state index contributed by atoms with van der Waals surface area (Å²) in [6.45, 7) is 6.98. The number of amides is 2. The number of carbonyl (C=O) groups is 2. The maximum absolute atomic E-state index is 12.5. The van der Waals surface area contributed by atoms with Crippen LogP contribution >= 0.6 is 0 Å². The molecular weight excluding hydrogens is 296 g/mol. The maximum atomic E-state index is 12.5. The van der Waals surface area contributed by atoms with Crippen LogP contribution in [0.4, 0.5) is 4.79 Å². The summed E-state index contributed by atoms with van der Waals surface area (Å²) in [7, 11) is -3.28. The van der Waals surface area contributed by atoms with Gasteiger partial charge in [0.25, 0.3) is 0 Å². The number of rotatable bonds is 5. The van der Waals surface area contributed by atoms with E-state index in [2.05, 4.69) is 0 Å². The summed E-state index contributed by atoms with van der Waals surface area (Å²) in [5.74, 6) is -1.18. The Morgan fingerprint density at radius 3 is 2.48 bits per heavy atom. The van der Waals surface area contributed by atoms with Gasteiger partial charge in [-0.15, -0.1) is 0 Å². The van der Waals surface area contributed by atoms with Gasteiger partial charge >= 0.3 is 12.0 Å². The lowest BCUT2D eigenvalue weighted by Crippen LogP contribution is -2.56. The monoisotopic (exact) mass is 320 g/mol. The summed E-state index contributed by atoms with van der Waals surface area (Å²) in [5.41, 5.74) is 0. The van der Waals surface area contributed by atoms with Crippen molar-refractivity contribution in [2.24, 2.45) is 5.92 Å². The van der Waals surface area contributed by atoms with Gasteiger partial charge in [-0.05, 0) is 12.8 Å². The highest BCUT2D eigenvalue weighted by Crippen LogP contribution is 2.17. The predicted octanol–water partition coefficient (Wildman–Crippen LogP) is 0.658. The van der Waals surface area contributed by atoms with Gasteiger partial charge in [-0.25, -0.2) is 13.2 Å². The SMILES string of the molecule is CCN(CC(C)C)C(=O)N1CCS(=O)(=O)CC1CC(=O)O. The molecule has 0 saturated carbocycles. The van der Waals surface area contributed by atoms with Gasteiger partial charge in [0.15, 0.2) is 9.84 Å². The van der Waals surface area contributed by atoms with Crippen LogP contribution in [0.15, 0.2) is 0 Å². The molecule has 0 aromatic rings. The van der Waals surface area contributed by atoms with Crippen molar-refractivity contribution in [1.82, 2.24) is 9.80 Å². The minimum Gasteiger partial charge on any atom is -0.481 e. The second-order valence-electron chi connectivity index (χ2n) is 5.77. The number of sulfone groups is 1. The van der Waals surface area contributed by atoms with Gasteiger partial charge in [-0.3, -0.25) is 4.79 Å². The molecule has 0 aliphatic carbocycles. The van der Waals surface area contributed by atoms with Crippen molar-refractivity contribution in [1.29, 1.82) is 0 Å². The zero-order valence-corrected chi connectivity index (χ0v) is 13.6. The second-order valence-corrected chi connectivity index (χ2v) is 8.00. The third-order valence-corrected chi connectivity index (χ3v) is 5.12. The van der Waals surface area contributed by atoms with E-state index in [9.17, 15) is 18.0 Å². The molecule has 1 heterocycles. The van der Waals surface area contributed by atoms with Crippen LogP contribution in [0.3, 0.4) is 0 Å². The van der Waals surface area contributed by atoms with Crippen molar-refractivity contribution < 1.29 is 23.1 Å². The van der Waals surface area contributed by atoms with E-state index < -0.39 is 21.8 Å². The van der Waals surface area contributed by atoms with Crippen LogP contribution in [0, 0.1) is 5.92 Å². The molecule has 1 N–H and O–H groups in total. The largest absolute Gasteiger partial charge is 0.481 e. The van der Waals surface area contributed by atoms with Crippen LogP contribution in [-0.2, 0) is 14.6 Å². The van der Waals surface area contributed by atoms with Gasteiger partial charge < -0.3 is 14.9 Å². The van der Waals surface area contributed by atoms with Crippen LogP contribution in [0.5, 0.6) is 0 Å². The van der Waals surface area contributed by atoms with Crippen LogP contribution < -0.4 is 0 Å². The Hall–Kier alpha value is -1.31. The lowest BCUT2D eigenvalue weighted by Gasteiger charge is -2.38. The van der Waals surface area contributed by atoms with Crippen LogP contribution in [0.1, 0.15) is 27.2 Å². The summed E-state index contributed by atoms with van der Waals surface area (Å²) in [6.07, 6.45) is -0.343. The molecule has 1 rings (SSSR count). The van der Waals surface area contributed by atoms with Gasteiger partial charge in [-0.1, -0.05) is 13.8 Å². The van der Waals surface area contributed by atoms with Gasteiger partial charge in [0, 0.05) is 19.6 Å². The van der Waals surface area contributed by atoms with Crippen molar-refractivity contribution >= 4 is 21.8 Å². The molecule has 0 bridgehead atoms. The number of aliphatic carboxylic acids is 1. The number of nitrogens with zero attached hydrogens (tertiary/aromatic N) is 2. The van der Waals surface area contributed by atoms with Crippen molar-refractivity contribution in [3.05, 3.63) is 0 Å². The molecule has 0 aromatic heterocycles. The molecule has 1 aliphatic heterocycles. The van der Waals surface area contributed by atoms with Crippen LogP contribution in [-0.4, -0.2) is 72.5 Å². The molecule has 122 valence electrons. The second kappa shape index (κ2) is 7.11. The van der Waals surface area contributed by atoms with Crippen LogP contribution in [0.2, 0.25) is 0 Å². The smallest absolute Gasteiger partial charge is 0.320 e. The Morgan fingerprint density at radius 2 is 2.00 bits per heavy atom. The number of hydrogen-bond acceptors (Lipinski definition) is 4. The van der Waals surface area contributed by atoms with E-state index in [1.165, 1.54) is 4.90 Å². The zero-order chi connectivity index (χ0) is 16.2. The Morgan fingerprint density at radius 1 is 1.38 bits per heavy atom. The van der Waals surface area contributed by atoms with Gasteiger partial charge in [-0.2, -0.15) is 0 Å². The molecule has 2 amide bonds.